The van der Waals surface area contributed by atoms with Crippen molar-refractivity contribution >= 4 is 21.9 Å². The zero-order valence-corrected chi connectivity index (χ0v) is 46.2. The van der Waals surface area contributed by atoms with Gasteiger partial charge in [-0.1, -0.05) is 243 Å². The molecular weight excluding hydrogens is 1050 g/mol. The molecule has 0 aliphatic heterocycles. The van der Waals surface area contributed by atoms with Crippen LogP contribution in [-0.4, -0.2) is 29.9 Å². The monoisotopic (exact) mass is 1100 g/mol. The highest BCUT2D eigenvalue weighted by Gasteiger charge is 2.41. The molecule has 2 atom stereocenters. The van der Waals surface area contributed by atoms with Gasteiger partial charge in [0.15, 0.2) is 34.9 Å². The lowest BCUT2D eigenvalue weighted by atomic mass is 9.60. The fourth-order valence-electron chi connectivity index (χ4n) is 12.9. The first kappa shape index (κ1) is 49.2. The quantitative estimate of drug-likeness (QED) is 0.133. The normalized spacial score (nSPS) is 13.8. The molecule has 0 fully saturated rings. The predicted octanol–water partition coefficient (Wildman–Crippen LogP) is 19.2. The summed E-state index contributed by atoms with van der Waals surface area (Å²) >= 11 is 0. The summed E-state index contributed by atoms with van der Waals surface area (Å²) in [4.78, 5) is 30.3. The van der Waals surface area contributed by atoms with Gasteiger partial charge in [-0.3, -0.25) is 0 Å². The molecule has 0 amide bonds. The molecule has 0 saturated carbocycles. The smallest absolute Gasteiger partial charge is 0.164 e. The number of benzene rings is 11. The molecular formula is C78H48N6O2. The molecule has 402 valence electrons. The Morgan fingerprint density at radius 3 is 0.837 bits per heavy atom. The molecule has 3 aliphatic carbocycles. The van der Waals surface area contributed by atoms with Crippen molar-refractivity contribution < 1.29 is 8.83 Å². The van der Waals surface area contributed by atoms with E-state index in [0.717, 1.165) is 88.7 Å². The van der Waals surface area contributed by atoms with Gasteiger partial charge in [0.2, 0.25) is 0 Å². The number of furan rings is 2. The molecule has 2 unspecified atom stereocenters. The SMILES string of the molecule is c1ccc(-c2nc(-c3ccc(-c4ccc5c(c4)C4c6ccccc6C5c5cc(-c6ccc(-c7nc(-c8ccccc8)nc(-c8ccc(-c9coc%10ccccc9%10)cc8)n7)cc6)ccc54)cc3)nc(-c3ccc(-c4coc5ccccc45)cc3)n2)cc1. The minimum absolute atomic E-state index is 0.101. The number of hydrogen-bond acceptors (Lipinski definition) is 8. The first-order valence-electron chi connectivity index (χ1n) is 28.9. The number of aromatic nitrogens is 6. The lowest BCUT2D eigenvalue weighted by molar-refractivity contribution is 0.616. The van der Waals surface area contributed by atoms with E-state index >= 15 is 0 Å². The molecule has 8 nitrogen and oxygen atoms in total. The van der Waals surface area contributed by atoms with Crippen molar-refractivity contribution in [2.75, 3.05) is 0 Å². The topological polar surface area (TPSA) is 104 Å². The summed E-state index contributed by atoms with van der Waals surface area (Å²) in [6.45, 7) is 0. The van der Waals surface area contributed by atoms with E-state index in [2.05, 4.69) is 170 Å². The second-order valence-electron chi connectivity index (χ2n) is 22.1. The van der Waals surface area contributed by atoms with Crippen LogP contribution in [0.2, 0.25) is 0 Å². The Bertz CT molecular complexity index is 4770. The molecule has 18 rings (SSSR count). The maximum atomic E-state index is 5.87. The third-order valence-electron chi connectivity index (χ3n) is 17.2. The Kier molecular flexibility index (Phi) is 11.5. The van der Waals surface area contributed by atoms with Crippen LogP contribution in [0.25, 0.3) is 135 Å². The standard InChI is InChI=1S/C78H48N6O2/c1-3-13-51(14-4-1)73-79-75(83-77(81-73)55-35-27-49(28-36-55)67-45-85-69-21-11-9-17-59(67)69)53-31-23-47(24-32-53)57-39-41-63-65(43-57)71-61-19-7-8-20-62(61)72(63)66-44-58(40-42-64(66)71)48-25-33-54(34-26-48)76-80-74(52-15-5-2-6-16-52)82-78(84-76)56-37-29-50(30-38-56)68-46-86-70-22-12-10-18-60(68)70/h1-46,71-72H. The highest BCUT2D eigenvalue weighted by Crippen LogP contribution is 2.57. The number of fused-ring (bicyclic) bond motifs is 2. The van der Waals surface area contributed by atoms with Crippen LogP contribution >= 0.6 is 0 Å². The summed E-state index contributed by atoms with van der Waals surface area (Å²) in [6.07, 6.45) is 3.65. The van der Waals surface area contributed by atoms with Crippen molar-refractivity contribution in [2.24, 2.45) is 0 Å². The average Bonchev–Trinajstić information content (AvgIpc) is 0.885. The minimum Gasteiger partial charge on any atom is -0.464 e. The Labute approximate surface area is 495 Å². The Hall–Kier alpha value is -11.5. The maximum Gasteiger partial charge on any atom is 0.164 e. The Balaban J connectivity index is 0.664. The number of hydrogen-bond donors (Lipinski definition) is 0. The third-order valence-corrected chi connectivity index (χ3v) is 17.2. The van der Waals surface area contributed by atoms with Crippen molar-refractivity contribution in [3.05, 3.63) is 313 Å². The van der Waals surface area contributed by atoms with Crippen LogP contribution in [0.5, 0.6) is 0 Å². The first-order chi connectivity index (χ1) is 42.6. The van der Waals surface area contributed by atoms with Gasteiger partial charge in [0.05, 0.1) is 12.5 Å². The van der Waals surface area contributed by atoms with Gasteiger partial charge in [0.25, 0.3) is 0 Å². The lowest BCUT2D eigenvalue weighted by Crippen LogP contribution is -2.27. The van der Waals surface area contributed by atoms with Crippen LogP contribution in [-0.2, 0) is 0 Å². The first-order valence-corrected chi connectivity index (χ1v) is 28.9. The third kappa shape index (κ3) is 8.45. The largest absolute Gasteiger partial charge is 0.464 e. The van der Waals surface area contributed by atoms with Gasteiger partial charge in [0, 0.05) is 67.1 Å². The van der Waals surface area contributed by atoms with Gasteiger partial charge in [-0.05, 0) is 91.0 Å². The number of rotatable bonds is 10. The fraction of sp³-hybridized carbons (Fsp3) is 0.0256. The van der Waals surface area contributed by atoms with Gasteiger partial charge in [-0.25, -0.2) is 29.9 Å². The molecule has 0 N–H and O–H groups in total. The van der Waals surface area contributed by atoms with Crippen LogP contribution in [0.3, 0.4) is 0 Å². The number of nitrogens with zero attached hydrogens (tertiary/aromatic N) is 6. The van der Waals surface area contributed by atoms with Crippen LogP contribution in [0.15, 0.2) is 288 Å². The Morgan fingerprint density at radius 1 is 0.209 bits per heavy atom. The fourth-order valence-corrected chi connectivity index (χ4v) is 12.9. The molecule has 3 aliphatic rings. The zero-order valence-electron chi connectivity index (χ0n) is 46.2. The summed E-state index contributed by atoms with van der Waals surface area (Å²) in [7, 11) is 0. The van der Waals surface area contributed by atoms with Crippen molar-refractivity contribution in [1.29, 1.82) is 0 Å². The van der Waals surface area contributed by atoms with Crippen LogP contribution in [0.1, 0.15) is 45.2 Å². The Morgan fingerprint density at radius 2 is 0.477 bits per heavy atom. The summed E-state index contributed by atoms with van der Waals surface area (Å²) in [5.41, 5.74) is 24.2. The van der Waals surface area contributed by atoms with E-state index < -0.39 is 0 Å². The van der Waals surface area contributed by atoms with E-state index in [4.69, 9.17) is 38.7 Å². The lowest BCUT2D eigenvalue weighted by Gasteiger charge is -2.42. The van der Waals surface area contributed by atoms with Crippen LogP contribution in [0, 0.1) is 0 Å². The molecule has 0 saturated heterocycles. The second-order valence-corrected chi connectivity index (χ2v) is 22.1. The summed E-state index contributed by atoms with van der Waals surface area (Å²) in [5, 5.41) is 2.16. The second kappa shape index (κ2) is 20.2. The number of para-hydroxylation sites is 2. The molecule has 0 radical (unpaired) electrons. The molecule has 2 bridgehead atoms. The minimum atomic E-state index is 0.101. The van der Waals surface area contributed by atoms with Crippen molar-refractivity contribution in [3.63, 3.8) is 0 Å². The molecule has 4 aromatic heterocycles. The van der Waals surface area contributed by atoms with Gasteiger partial charge in [-0.15, -0.1) is 0 Å². The van der Waals surface area contributed by atoms with Gasteiger partial charge >= 0.3 is 0 Å². The van der Waals surface area contributed by atoms with E-state index in [1.807, 2.05) is 110 Å². The highest BCUT2D eigenvalue weighted by molar-refractivity contribution is 5.95. The van der Waals surface area contributed by atoms with Gasteiger partial charge < -0.3 is 8.83 Å². The average molecular weight is 1100 g/mol. The van der Waals surface area contributed by atoms with Gasteiger partial charge in [0.1, 0.15) is 11.2 Å². The van der Waals surface area contributed by atoms with Crippen molar-refractivity contribution in [1.82, 2.24) is 29.9 Å². The highest BCUT2D eigenvalue weighted by atomic mass is 16.3. The van der Waals surface area contributed by atoms with Gasteiger partial charge in [-0.2, -0.15) is 0 Å². The van der Waals surface area contributed by atoms with E-state index in [9.17, 15) is 0 Å². The van der Waals surface area contributed by atoms with Crippen LogP contribution < -0.4 is 0 Å². The van der Waals surface area contributed by atoms with Crippen molar-refractivity contribution in [3.8, 4) is 113 Å². The van der Waals surface area contributed by atoms with E-state index in [1.165, 1.54) is 44.5 Å². The summed E-state index contributed by atoms with van der Waals surface area (Å²) in [5.74, 6) is 3.90. The molecule has 8 heteroatoms. The molecule has 11 aromatic carbocycles. The molecule has 15 aromatic rings. The maximum absolute atomic E-state index is 5.87. The van der Waals surface area contributed by atoms with E-state index in [0.29, 0.717) is 34.9 Å². The molecule has 0 spiro atoms. The van der Waals surface area contributed by atoms with E-state index in [1.54, 1.807) is 0 Å². The molecule has 4 heterocycles. The molecule has 86 heavy (non-hydrogen) atoms. The predicted molar refractivity (Wildman–Crippen MR) is 342 cm³/mol. The van der Waals surface area contributed by atoms with Crippen LogP contribution in [0.4, 0.5) is 0 Å². The zero-order chi connectivity index (χ0) is 56.7. The summed E-state index contributed by atoms with van der Waals surface area (Å²) < 4.78 is 11.7. The van der Waals surface area contributed by atoms with Crippen molar-refractivity contribution in [2.45, 2.75) is 11.8 Å². The van der Waals surface area contributed by atoms with E-state index in [-0.39, 0.29) is 11.8 Å². The summed E-state index contributed by atoms with van der Waals surface area (Å²) in [6, 6.07) is 93.7.